The van der Waals surface area contributed by atoms with Crippen molar-refractivity contribution in [2.75, 3.05) is 0 Å². The summed E-state index contributed by atoms with van der Waals surface area (Å²) in [7, 11) is -2.17. The number of rotatable bonds is 2. The number of carbonyl (C=O) groups is 1. The van der Waals surface area contributed by atoms with Crippen molar-refractivity contribution in [2.45, 2.75) is 6.42 Å². The van der Waals surface area contributed by atoms with Crippen molar-refractivity contribution in [3.8, 4) is 0 Å². The van der Waals surface area contributed by atoms with Gasteiger partial charge in [0.05, 0.1) is 0 Å². The van der Waals surface area contributed by atoms with Crippen molar-refractivity contribution in [2.24, 2.45) is 0 Å². The van der Waals surface area contributed by atoms with Crippen molar-refractivity contribution in [1.29, 1.82) is 0 Å². The van der Waals surface area contributed by atoms with E-state index in [-0.39, 0.29) is 6.42 Å². The van der Waals surface area contributed by atoms with Gasteiger partial charge in [0.1, 0.15) is 6.29 Å². The van der Waals surface area contributed by atoms with Crippen molar-refractivity contribution < 1.29 is 13.2 Å². The van der Waals surface area contributed by atoms with Gasteiger partial charge in [0.15, 0.2) is 0 Å². The van der Waals surface area contributed by atoms with E-state index in [4.69, 9.17) is 0 Å². The molecule has 0 rings (SSSR count). The highest BCUT2D eigenvalue weighted by atomic mass is 32.2. The zero-order valence-electron chi connectivity index (χ0n) is 3.49. The summed E-state index contributed by atoms with van der Waals surface area (Å²) in [5.74, 6) is 0. The predicted molar refractivity (Wildman–Crippen MR) is 25.7 cm³/mol. The molecule has 0 unspecified atom stereocenters. The molecule has 0 spiro atoms. The first-order valence-electron chi connectivity index (χ1n) is 1.62. The maximum Gasteiger partial charge on any atom is 0.210 e. The number of carbonyl (C=O) groups excluding carboxylic acids is 1. The van der Waals surface area contributed by atoms with E-state index in [1.165, 1.54) is 0 Å². The average Bonchev–Trinajstić information content (AvgIpc) is 1.61. The van der Waals surface area contributed by atoms with Gasteiger partial charge in [-0.15, -0.1) is 0 Å². The molecule has 0 amide bonds. The molecule has 0 aliphatic carbocycles. The summed E-state index contributed by atoms with van der Waals surface area (Å²) in [5.41, 5.74) is 0. The molecule has 0 aromatic heterocycles. The Hall–Kier alpha value is -0.640. The fourth-order valence-electron chi connectivity index (χ4n) is 0.118. The summed E-state index contributed by atoms with van der Waals surface area (Å²) in [6, 6.07) is 0. The number of aldehydes is 1. The third kappa shape index (κ3) is 5.36. The van der Waals surface area contributed by atoms with Crippen molar-refractivity contribution in [3.05, 3.63) is 0 Å². The van der Waals surface area contributed by atoms with Gasteiger partial charge in [-0.25, -0.2) is 0 Å². The van der Waals surface area contributed by atoms with E-state index in [1.807, 2.05) is 0 Å². The fourth-order valence-corrected chi connectivity index (χ4v) is 0.354. The summed E-state index contributed by atoms with van der Waals surface area (Å²) in [4.78, 5) is 9.40. The smallest absolute Gasteiger partial charge is 0.210 e. The molecular weight excluding hydrogens is 116 g/mol. The molecule has 0 saturated heterocycles. The molecule has 0 bridgehead atoms. The van der Waals surface area contributed by atoms with Gasteiger partial charge < -0.3 is 4.79 Å². The minimum atomic E-state index is -2.17. The molecule has 0 aliphatic rings. The molecule has 0 aromatic rings. The van der Waals surface area contributed by atoms with Crippen LogP contribution in [0.5, 0.6) is 0 Å². The maximum absolute atomic E-state index is 9.54. The Morgan fingerprint density at radius 2 is 2.00 bits per heavy atom. The second-order valence-corrected chi connectivity index (χ2v) is 1.68. The molecule has 0 atom stereocenters. The van der Waals surface area contributed by atoms with Crippen LogP contribution >= 0.6 is 0 Å². The van der Waals surface area contributed by atoms with Crippen LogP contribution in [0, 0.1) is 0 Å². The second kappa shape index (κ2) is 3.55. The van der Waals surface area contributed by atoms with E-state index in [9.17, 15) is 13.2 Å². The first-order chi connectivity index (χ1) is 3.27. The highest BCUT2D eigenvalue weighted by molar-refractivity contribution is 7.71. The molecule has 40 valence electrons. The molecule has 7 heavy (non-hydrogen) atoms. The third-order valence-corrected chi connectivity index (χ3v) is 0.793. The van der Waals surface area contributed by atoms with Gasteiger partial charge in [0.25, 0.3) is 0 Å². The molecule has 0 N–H and O–H groups in total. The standard InChI is InChI=1S/C3H4O3S/c4-2-1-3-7(5)6/h2-3H,1H2. The van der Waals surface area contributed by atoms with E-state index in [1.54, 1.807) is 0 Å². The quantitative estimate of drug-likeness (QED) is 0.356. The Kier molecular flexibility index (Phi) is 3.22. The molecule has 0 aromatic carbocycles. The van der Waals surface area contributed by atoms with Gasteiger partial charge in [-0.05, 0) is 0 Å². The van der Waals surface area contributed by atoms with E-state index in [2.05, 4.69) is 0 Å². The molecule has 4 heteroatoms. The van der Waals surface area contributed by atoms with Gasteiger partial charge in [-0.1, -0.05) is 0 Å². The van der Waals surface area contributed by atoms with Crippen LogP contribution in [0.1, 0.15) is 6.42 Å². The van der Waals surface area contributed by atoms with Crippen molar-refractivity contribution in [1.82, 2.24) is 0 Å². The highest BCUT2D eigenvalue weighted by Crippen LogP contribution is 1.55. The zero-order chi connectivity index (χ0) is 5.70. The van der Waals surface area contributed by atoms with Gasteiger partial charge in [-0.3, -0.25) is 0 Å². The predicted octanol–water partition coefficient (Wildman–Crippen LogP) is -0.743. The summed E-state index contributed by atoms with van der Waals surface area (Å²) in [5, 5.41) is 0.896. The molecule has 0 saturated carbocycles. The van der Waals surface area contributed by atoms with Crippen LogP contribution < -0.4 is 0 Å². The Labute approximate surface area is 42.5 Å². The monoisotopic (exact) mass is 120 g/mol. The summed E-state index contributed by atoms with van der Waals surface area (Å²) >= 11 is 0. The van der Waals surface area contributed by atoms with Crippen molar-refractivity contribution in [3.63, 3.8) is 0 Å². The summed E-state index contributed by atoms with van der Waals surface area (Å²) in [6.07, 6.45) is 0.506. The number of hydrogen-bond acceptors (Lipinski definition) is 3. The van der Waals surface area contributed by atoms with Crippen LogP contribution in [-0.2, 0) is 15.1 Å². The lowest BCUT2D eigenvalue weighted by Gasteiger charge is -1.58. The van der Waals surface area contributed by atoms with Crippen LogP contribution in [0.25, 0.3) is 0 Å². The Morgan fingerprint density at radius 3 is 2.14 bits per heavy atom. The highest BCUT2D eigenvalue weighted by Gasteiger charge is 1.69. The van der Waals surface area contributed by atoms with E-state index >= 15 is 0 Å². The summed E-state index contributed by atoms with van der Waals surface area (Å²) < 4.78 is 19.1. The van der Waals surface area contributed by atoms with E-state index in [0.29, 0.717) is 6.29 Å². The first-order valence-corrected chi connectivity index (χ1v) is 2.76. The fraction of sp³-hybridized carbons (Fsp3) is 0.333. The zero-order valence-corrected chi connectivity index (χ0v) is 4.31. The molecule has 0 aliphatic heterocycles. The Balaban J connectivity index is 3.71. The van der Waals surface area contributed by atoms with Gasteiger partial charge in [0.2, 0.25) is 10.3 Å². The van der Waals surface area contributed by atoms with Crippen LogP contribution in [0.2, 0.25) is 0 Å². The Bertz CT molecular complexity index is 157. The molecule has 3 nitrogen and oxygen atoms in total. The van der Waals surface area contributed by atoms with Gasteiger partial charge >= 0.3 is 0 Å². The van der Waals surface area contributed by atoms with Crippen LogP contribution in [-0.4, -0.2) is 20.1 Å². The molecule has 0 radical (unpaired) electrons. The SMILES string of the molecule is O=CCC=S(=O)=O. The minimum Gasteiger partial charge on any atom is -0.303 e. The molecular formula is C3H4O3S. The molecule has 0 fully saturated rings. The van der Waals surface area contributed by atoms with Gasteiger partial charge in [-0.2, -0.15) is 8.42 Å². The lowest BCUT2D eigenvalue weighted by molar-refractivity contribution is -0.106. The average molecular weight is 120 g/mol. The topological polar surface area (TPSA) is 51.2 Å². The normalized spacial score (nSPS) is 7.43. The van der Waals surface area contributed by atoms with E-state index < -0.39 is 10.3 Å². The Morgan fingerprint density at radius 1 is 1.43 bits per heavy atom. The summed E-state index contributed by atoms with van der Waals surface area (Å²) in [6.45, 7) is 0. The van der Waals surface area contributed by atoms with Gasteiger partial charge in [0, 0.05) is 11.8 Å². The van der Waals surface area contributed by atoms with Crippen LogP contribution in [0.4, 0.5) is 0 Å². The first kappa shape index (κ1) is 6.36. The second-order valence-electron chi connectivity index (χ2n) is 0.830. The van der Waals surface area contributed by atoms with E-state index in [0.717, 1.165) is 5.37 Å². The lowest BCUT2D eigenvalue weighted by atomic mass is 10.6. The third-order valence-electron chi connectivity index (χ3n) is 0.329. The minimum absolute atomic E-state index is 0.0177. The largest absolute Gasteiger partial charge is 0.303 e. The molecule has 0 heterocycles. The lowest BCUT2D eigenvalue weighted by Crippen LogP contribution is -1.74. The maximum atomic E-state index is 9.54. The van der Waals surface area contributed by atoms with Crippen molar-refractivity contribution >= 4 is 21.9 Å². The van der Waals surface area contributed by atoms with Crippen LogP contribution in [0.15, 0.2) is 0 Å². The van der Waals surface area contributed by atoms with Crippen LogP contribution in [0.3, 0.4) is 0 Å². The number of hydrogen-bond donors (Lipinski definition) is 0.